The molecular weight excluding hydrogens is 226 g/mol. The van der Waals surface area contributed by atoms with Crippen LogP contribution in [-0.4, -0.2) is 26.4 Å². The van der Waals surface area contributed by atoms with Crippen LogP contribution in [0, 0.1) is 5.92 Å². The van der Waals surface area contributed by atoms with Crippen molar-refractivity contribution in [3.63, 3.8) is 0 Å². The van der Waals surface area contributed by atoms with Crippen LogP contribution in [0.25, 0.3) is 0 Å². The van der Waals surface area contributed by atoms with E-state index in [0.29, 0.717) is 5.92 Å². The van der Waals surface area contributed by atoms with Gasteiger partial charge in [-0.15, -0.1) is 0 Å². The van der Waals surface area contributed by atoms with Crippen LogP contribution in [-0.2, 0) is 11.2 Å². The molecule has 3 nitrogen and oxygen atoms in total. The highest BCUT2D eigenvalue weighted by atomic mass is 16.5. The molecule has 0 spiro atoms. The Hall–Kier alpha value is -1.06. The zero-order valence-electron chi connectivity index (χ0n) is 11.1. The van der Waals surface area contributed by atoms with Crippen molar-refractivity contribution in [2.75, 3.05) is 20.3 Å². The normalized spacial score (nSPS) is 21.6. The Morgan fingerprint density at radius 2 is 2.17 bits per heavy atom. The molecule has 0 amide bonds. The number of hydrogen-bond donors (Lipinski definition) is 1. The topological polar surface area (TPSA) is 44.5 Å². The first kappa shape index (κ1) is 13.4. The summed E-state index contributed by atoms with van der Waals surface area (Å²) in [5, 5.41) is 0. The minimum absolute atomic E-state index is 0.257. The van der Waals surface area contributed by atoms with Gasteiger partial charge >= 0.3 is 0 Å². The quantitative estimate of drug-likeness (QED) is 0.871. The molecule has 1 aromatic rings. The predicted molar refractivity (Wildman–Crippen MR) is 72.8 cm³/mol. The second kappa shape index (κ2) is 6.76. The summed E-state index contributed by atoms with van der Waals surface area (Å²) >= 11 is 0. The molecule has 3 heteroatoms. The summed E-state index contributed by atoms with van der Waals surface area (Å²) < 4.78 is 10.6. The van der Waals surface area contributed by atoms with Gasteiger partial charge < -0.3 is 15.2 Å². The van der Waals surface area contributed by atoms with Gasteiger partial charge in [-0.1, -0.05) is 12.1 Å². The van der Waals surface area contributed by atoms with E-state index < -0.39 is 0 Å². The highest BCUT2D eigenvalue weighted by Crippen LogP contribution is 2.20. The Kier molecular flexibility index (Phi) is 5.02. The molecule has 2 N–H and O–H groups in total. The summed E-state index contributed by atoms with van der Waals surface area (Å²) in [5.41, 5.74) is 7.57. The molecule has 2 unspecified atom stereocenters. The first-order chi connectivity index (χ1) is 8.79. The number of aryl methyl sites for hydroxylation is 1. The van der Waals surface area contributed by atoms with Crippen molar-refractivity contribution in [2.24, 2.45) is 11.7 Å². The van der Waals surface area contributed by atoms with E-state index in [4.69, 9.17) is 15.2 Å². The van der Waals surface area contributed by atoms with E-state index in [9.17, 15) is 0 Å². The Bertz CT molecular complexity index is 344. The fraction of sp³-hybridized carbons (Fsp3) is 0.600. The summed E-state index contributed by atoms with van der Waals surface area (Å²) in [5.74, 6) is 1.45. The third-order valence-corrected chi connectivity index (χ3v) is 3.73. The van der Waals surface area contributed by atoms with E-state index >= 15 is 0 Å². The molecule has 2 atom stereocenters. The van der Waals surface area contributed by atoms with E-state index in [1.54, 1.807) is 7.11 Å². The van der Waals surface area contributed by atoms with Crippen molar-refractivity contribution in [3.8, 4) is 5.75 Å². The number of rotatable bonds is 5. The Morgan fingerprint density at radius 1 is 1.39 bits per heavy atom. The predicted octanol–water partition coefficient (Wildman–Crippen LogP) is 2.38. The van der Waals surface area contributed by atoms with E-state index in [1.165, 1.54) is 12.0 Å². The van der Waals surface area contributed by atoms with Crippen molar-refractivity contribution >= 4 is 0 Å². The molecule has 2 rings (SSSR count). The lowest BCUT2D eigenvalue weighted by atomic mass is 9.90. The lowest BCUT2D eigenvalue weighted by molar-refractivity contribution is 0.0439. The molecule has 1 aliphatic heterocycles. The molecule has 1 fully saturated rings. The van der Waals surface area contributed by atoms with Crippen LogP contribution < -0.4 is 10.5 Å². The molecule has 0 aliphatic carbocycles. The van der Waals surface area contributed by atoms with Gasteiger partial charge in [-0.3, -0.25) is 0 Å². The summed E-state index contributed by atoms with van der Waals surface area (Å²) in [6, 6.07) is 8.49. The highest BCUT2D eigenvalue weighted by molar-refractivity contribution is 5.27. The lowest BCUT2D eigenvalue weighted by Crippen LogP contribution is -2.36. The van der Waals surface area contributed by atoms with E-state index in [-0.39, 0.29) is 6.04 Å². The van der Waals surface area contributed by atoms with Gasteiger partial charge in [-0.25, -0.2) is 0 Å². The largest absolute Gasteiger partial charge is 0.497 e. The summed E-state index contributed by atoms with van der Waals surface area (Å²) in [7, 11) is 1.69. The molecule has 0 radical (unpaired) electrons. The first-order valence-corrected chi connectivity index (χ1v) is 6.76. The van der Waals surface area contributed by atoms with Crippen LogP contribution in [0.1, 0.15) is 24.8 Å². The summed E-state index contributed by atoms with van der Waals surface area (Å²) in [6.07, 6.45) is 4.42. The average Bonchev–Trinajstić information content (AvgIpc) is 2.46. The monoisotopic (exact) mass is 249 g/mol. The van der Waals surface area contributed by atoms with Gasteiger partial charge in [-0.05, 0) is 49.3 Å². The maximum absolute atomic E-state index is 6.25. The Labute approximate surface area is 109 Å². The molecule has 1 aromatic carbocycles. The number of benzene rings is 1. The van der Waals surface area contributed by atoms with Gasteiger partial charge in [0.25, 0.3) is 0 Å². The minimum atomic E-state index is 0.257. The van der Waals surface area contributed by atoms with E-state index in [0.717, 1.165) is 38.2 Å². The van der Waals surface area contributed by atoms with Crippen LogP contribution in [0.15, 0.2) is 24.3 Å². The second-order valence-electron chi connectivity index (χ2n) is 5.03. The number of methoxy groups -OCH3 is 1. The molecular formula is C15H23NO2. The maximum atomic E-state index is 6.25. The van der Waals surface area contributed by atoms with Crippen LogP contribution in [0.5, 0.6) is 5.75 Å². The number of ether oxygens (including phenoxy) is 2. The lowest BCUT2D eigenvalue weighted by Gasteiger charge is -2.27. The zero-order valence-corrected chi connectivity index (χ0v) is 11.1. The van der Waals surface area contributed by atoms with Gasteiger partial charge in [0.2, 0.25) is 0 Å². The third kappa shape index (κ3) is 3.72. The molecule has 1 aliphatic rings. The molecule has 0 aromatic heterocycles. The van der Waals surface area contributed by atoms with Crippen molar-refractivity contribution < 1.29 is 9.47 Å². The molecule has 0 bridgehead atoms. The van der Waals surface area contributed by atoms with Crippen LogP contribution in [0.3, 0.4) is 0 Å². The molecule has 100 valence electrons. The zero-order chi connectivity index (χ0) is 12.8. The standard InChI is InChI=1S/C15H23NO2/c1-17-14-7-4-12(5-8-14)6-9-15(16)13-3-2-10-18-11-13/h4-5,7-8,13,15H,2-3,6,9-11,16H2,1H3. The minimum Gasteiger partial charge on any atom is -0.497 e. The molecule has 18 heavy (non-hydrogen) atoms. The summed E-state index contributed by atoms with van der Waals surface area (Å²) in [6.45, 7) is 1.74. The second-order valence-corrected chi connectivity index (χ2v) is 5.03. The van der Waals surface area contributed by atoms with Crippen molar-refractivity contribution in [2.45, 2.75) is 31.7 Å². The molecule has 0 saturated carbocycles. The van der Waals surface area contributed by atoms with Crippen LogP contribution >= 0.6 is 0 Å². The number of nitrogens with two attached hydrogens (primary N) is 1. The average molecular weight is 249 g/mol. The fourth-order valence-electron chi connectivity index (χ4n) is 2.46. The summed E-state index contributed by atoms with van der Waals surface area (Å²) in [4.78, 5) is 0. The van der Waals surface area contributed by atoms with Gasteiger partial charge in [-0.2, -0.15) is 0 Å². The Morgan fingerprint density at radius 3 is 2.78 bits per heavy atom. The third-order valence-electron chi connectivity index (χ3n) is 3.73. The van der Waals surface area contributed by atoms with Crippen LogP contribution in [0.2, 0.25) is 0 Å². The van der Waals surface area contributed by atoms with E-state index in [1.807, 2.05) is 12.1 Å². The van der Waals surface area contributed by atoms with Gasteiger partial charge in [0, 0.05) is 12.6 Å². The SMILES string of the molecule is COc1ccc(CCC(N)C2CCCOC2)cc1. The smallest absolute Gasteiger partial charge is 0.118 e. The number of hydrogen-bond acceptors (Lipinski definition) is 3. The fourth-order valence-corrected chi connectivity index (χ4v) is 2.46. The van der Waals surface area contributed by atoms with Crippen molar-refractivity contribution in [3.05, 3.63) is 29.8 Å². The Balaban J connectivity index is 1.78. The molecule has 1 heterocycles. The molecule has 1 saturated heterocycles. The maximum Gasteiger partial charge on any atom is 0.118 e. The van der Waals surface area contributed by atoms with Crippen LogP contribution in [0.4, 0.5) is 0 Å². The van der Waals surface area contributed by atoms with E-state index in [2.05, 4.69) is 12.1 Å². The van der Waals surface area contributed by atoms with Gasteiger partial charge in [0.05, 0.1) is 13.7 Å². The van der Waals surface area contributed by atoms with Crippen molar-refractivity contribution in [1.82, 2.24) is 0 Å². The van der Waals surface area contributed by atoms with Gasteiger partial charge in [0.15, 0.2) is 0 Å². The van der Waals surface area contributed by atoms with Gasteiger partial charge in [0.1, 0.15) is 5.75 Å². The highest BCUT2D eigenvalue weighted by Gasteiger charge is 2.20. The first-order valence-electron chi connectivity index (χ1n) is 6.76. The van der Waals surface area contributed by atoms with Crippen molar-refractivity contribution in [1.29, 1.82) is 0 Å².